The number of nitrogens with zero attached hydrogens (tertiary/aromatic N) is 1. The molecule has 1 aromatic carbocycles. The van der Waals surface area contributed by atoms with E-state index in [1.807, 2.05) is 6.07 Å². The van der Waals surface area contributed by atoms with Crippen LogP contribution in [-0.4, -0.2) is 43.2 Å². The van der Waals surface area contributed by atoms with Crippen molar-refractivity contribution in [2.75, 3.05) is 26.3 Å². The van der Waals surface area contributed by atoms with Gasteiger partial charge in [-0.1, -0.05) is 43.2 Å². The number of benzene rings is 1. The van der Waals surface area contributed by atoms with Crippen LogP contribution in [0.2, 0.25) is 0 Å². The first kappa shape index (κ1) is 17.4. The molecule has 0 radical (unpaired) electrons. The van der Waals surface area contributed by atoms with Crippen molar-refractivity contribution in [1.29, 1.82) is 0 Å². The molecule has 1 aliphatic carbocycles. The number of carbonyl (C=O) groups is 1. The summed E-state index contributed by atoms with van der Waals surface area (Å²) in [5, 5.41) is 3.28. The molecule has 0 unspecified atom stereocenters. The Bertz CT molecular complexity index is 508. The molecule has 1 N–H and O–H groups in total. The molecule has 3 rings (SSSR count). The van der Waals surface area contributed by atoms with Gasteiger partial charge in [0.05, 0.1) is 19.3 Å². The lowest BCUT2D eigenvalue weighted by Crippen LogP contribution is -2.48. The number of rotatable bonds is 6. The molecule has 0 spiro atoms. The maximum atomic E-state index is 12.5. The molecule has 2 fully saturated rings. The summed E-state index contributed by atoms with van der Waals surface area (Å²) >= 11 is 0. The van der Waals surface area contributed by atoms with Crippen LogP contribution in [0.15, 0.2) is 30.3 Å². The van der Waals surface area contributed by atoms with Crippen LogP contribution in [0.25, 0.3) is 0 Å². The van der Waals surface area contributed by atoms with Crippen LogP contribution < -0.4 is 5.32 Å². The first-order valence-electron chi connectivity index (χ1n) is 9.40. The summed E-state index contributed by atoms with van der Waals surface area (Å²) in [6.07, 6.45) is 5.69. The molecule has 2 atom stereocenters. The summed E-state index contributed by atoms with van der Waals surface area (Å²) in [4.78, 5) is 14.9. The van der Waals surface area contributed by atoms with Crippen LogP contribution in [0, 0.1) is 5.92 Å². The van der Waals surface area contributed by atoms with Crippen molar-refractivity contribution in [2.24, 2.45) is 5.92 Å². The highest BCUT2D eigenvalue weighted by Gasteiger charge is 2.29. The maximum Gasteiger partial charge on any atom is 0.220 e. The smallest absolute Gasteiger partial charge is 0.220 e. The van der Waals surface area contributed by atoms with Crippen molar-refractivity contribution in [3.05, 3.63) is 35.9 Å². The van der Waals surface area contributed by atoms with E-state index in [1.165, 1.54) is 31.2 Å². The van der Waals surface area contributed by atoms with E-state index in [-0.39, 0.29) is 18.0 Å². The molecule has 1 saturated carbocycles. The fourth-order valence-corrected chi connectivity index (χ4v) is 4.19. The topological polar surface area (TPSA) is 41.6 Å². The molecule has 4 heteroatoms. The second kappa shape index (κ2) is 8.63. The van der Waals surface area contributed by atoms with Crippen molar-refractivity contribution < 1.29 is 9.53 Å². The van der Waals surface area contributed by atoms with E-state index in [2.05, 4.69) is 41.4 Å². The number of ether oxygens (including phenoxy) is 1. The van der Waals surface area contributed by atoms with Gasteiger partial charge in [0.15, 0.2) is 0 Å². The van der Waals surface area contributed by atoms with E-state index in [1.54, 1.807) is 0 Å². The molecule has 1 aromatic rings. The molecule has 132 valence electrons. The van der Waals surface area contributed by atoms with E-state index in [9.17, 15) is 4.79 Å². The Labute approximate surface area is 145 Å². The second-order valence-electron chi connectivity index (χ2n) is 7.21. The molecule has 1 amide bonds. The molecular weight excluding hydrogens is 300 g/mol. The zero-order chi connectivity index (χ0) is 16.8. The van der Waals surface area contributed by atoms with E-state index in [4.69, 9.17) is 4.74 Å². The van der Waals surface area contributed by atoms with Gasteiger partial charge < -0.3 is 10.1 Å². The summed E-state index contributed by atoms with van der Waals surface area (Å²) in [6, 6.07) is 10.8. The SMILES string of the molecule is C[C@@H](NC(=O)CC1CCCC1)[C@H](c1ccccc1)N1CCOCC1. The van der Waals surface area contributed by atoms with Crippen molar-refractivity contribution in [3.63, 3.8) is 0 Å². The van der Waals surface area contributed by atoms with Crippen LogP contribution in [0.4, 0.5) is 0 Å². The van der Waals surface area contributed by atoms with E-state index in [0.717, 1.165) is 26.3 Å². The van der Waals surface area contributed by atoms with Crippen LogP contribution in [0.5, 0.6) is 0 Å². The second-order valence-corrected chi connectivity index (χ2v) is 7.21. The maximum absolute atomic E-state index is 12.5. The number of morpholine rings is 1. The van der Waals surface area contributed by atoms with Gasteiger partial charge in [0.1, 0.15) is 0 Å². The van der Waals surface area contributed by atoms with E-state index in [0.29, 0.717) is 12.3 Å². The average molecular weight is 330 g/mol. The summed E-state index contributed by atoms with van der Waals surface area (Å²) < 4.78 is 5.51. The van der Waals surface area contributed by atoms with Crippen molar-refractivity contribution in [2.45, 2.75) is 51.1 Å². The van der Waals surface area contributed by atoms with Crippen molar-refractivity contribution in [1.82, 2.24) is 10.2 Å². The van der Waals surface area contributed by atoms with Gasteiger partial charge in [0, 0.05) is 25.6 Å². The summed E-state index contributed by atoms with van der Waals surface area (Å²) in [7, 11) is 0. The summed E-state index contributed by atoms with van der Waals surface area (Å²) in [5.41, 5.74) is 1.27. The highest BCUT2D eigenvalue weighted by Crippen LogP contribution is 2.28. The highest BCUT2D eigenvalue weighted by molar-refractivity contribution is 5.76. The fourth-order valence-electron chi connectivity index (χ4n) is 4.19. The number of carbonyl (C=O) groups excluding carboxylic acids is 1. The molecule has 1 saturated heterocycles. The first-order chi connectivity index (χ1) is 11.7. The number of amides is 1. The molecule has 1 aliphatic heterocycles. The Kier molecular flexibility index (Phi) is 6.27. The molecule has 24 heavy (non-hydrogen) atoms. The lowest BCUT2D eigenvalue weighted by Gasteiger charge is -2.38. The van der Waals surface area contributed by atoms with Crippen molar-refractivity contribution >= 4 is 5.91 Å². The highest BCUT2D eigenvalue weighted by atomic mass is 16.5. The van der Waals surface area contributed by atoms with Gasteiger partial charge in [0.2, 0.25) is 5.91 Å². The first-order valence-corrected chi connectivity index (χ1v) is 9.40. The molecule has 0 aromatic heterocycles. The average Bonchev–Trinajstić information content (AvgIpc) is 3.10. The molecule has 2 aliphatic rings. The van der Waals surface area contributed by atoms with Gasteiger partial charge in [-0.25, -0.2) is 0 Å². The third kappa shape index (κ3) is 4.58. The van der Waals surface area contributed by atoms with Gasteiger partial charge in [-0.05, 0) is 31.2 Å². The molecular formula is C20H30N2O2. The van der Waals surface area contributed by atoms with Crippen LogP contribution in [-0.2, 0) is 9.53 Å². The summed E-state index contributed by atoms with van der Waals surface area (Å²) in [6.45, 7) is 5.52. The van der Waals surface area contributed by atoms with Crippen LogP contribution >= 0.6 is 0 Å². The van der Waals surface area contributed by atoms with Gasteiger partial charge in [-0.15, -0.1) is 0 Å². The zero-order valence-corrected chi connectivity index (χ0v) is 14.7. The van der Waals surface area contributed by atoms with E-state index >= 15 is 0 Å². The number of nitrogens with one attached hydrogen (secondary N) is 1. The van der Waals surface area contributed by atoms with Gasteiger partial charge in [-0.2, -0.15) is 0 Å². The standard InChI is InChI=1S/C20H30N2O2/c1-16(21-19(23)15-17-7-5-6-8-17)20(18-9-3-2-4-10-18)22-11-13-24-14-12-22/h2-4,9-10,16-17,20H,5-8,11-15H2,1H3,(H,21,23)/t16-,20-/m1/s1. The summed E-state index contributed by atoms with van der Waals surface area (Å²) in [5.74, 6) is 0.805. The predicted octanol–water partition coefficient (Wildman–Crippen LogP) is 3.14. The van der Waals surface area contributed by atoms with Crippen molar-refractivity contribution in [3.8, 4) is 0 Å². The van der Waals surface area contributed by atoms with Gasteiger partial charge >= 0.3 is 0 Å². The number of hydrogen-bond donors (Lipinski definition) is 1. The normalized spacial score (nSPS) is 22.2. The largest absolute Gasteiger partial charge is 0.379 e. The quantitative estimate of drug-likeness (QED) is 0.871. The zero-order valence-electron chi connectivity index (χ0n) is 14.7. The Hall–Kier alpha value is -1.39. The Morgan fingerprint density at radius 1 is 1.21 bits per heavy atom. The Morgan fingerprint density at radius 3 is 2.54 bits per heavy atom. The van der Waals surface area contributed by atoms with E-state index < -0.39 is 0 Å². The monoisotopic (exact) mass is 330 g/mol. The molecule has 4 nitrogen and oxygen atoms in total. The van der Waals surface area contributed by atoms with Crippen LogP contribution in [0.1, 0.15) is 50.6 Å². The third-order valence-electron chi connectivity index (χ3n) is 5.39. The third-order valence-corrected chi connectivity index (χ3v) is 5.39. The molecule has 0 bridgehead atoms. The minimum Gasteiger partial charge on any atom is -0.379 e. The van der Waals surface area contributed by atoms with Gasteiger partial charge in [-0.3, -0.25) is 9.69 Å². The number of hydrogen-bond acceptors (Lipinski definition) is 3. The predicted molar refractivity (Wildman–Crippen MR) is 95.8 cm³/mol. The minimum atomic E-state index is 0.0967. The Morgan fingerprint density at radius 2 is 1.88 bits per heavy atom. The van der Waals surface area contributed by atoms with Crippen LogP contribution in [0.3, 0.4) is 0 Å². The Balaban J connectivity index is 1.65. The fraction of sp³-hybridized carbons (Fsp3) is 0.650. The minimum absolute atomic E-state index is 0.0967. The van der Waals surface area contributed by atoms with Gasteiger partial charge in [0.25, 0.3) is 0 Å². The molecule has 1 heterocycles. The lowest BCUT2D eigenvalue weighted by atomic mass is 9.97. The lowest BCUT2D eigenvalue weighted by molar-refractivity contribution is -0.123.